The fraction of sp³-hybridized carbons (Fsp3) is 0.400. The van der Waals surface area contributed by atoms with E-state index < -0.39 is 0 Å². The first-order valence-electron chi connectivity index (χ1n) is 8.42. The van der Waals surface area contributed by atoms with E-state index in [1.54, 1.807) is 0 Å². The van der Waals surface area contributed by atoms with E-state index in [-0.39, 0.29) is 12.4 Å². The van der Waals surface area contributed by atoms with Gasteiger partial charge in [-0.25, -0.2) is 0 Å². The molecule has 1 N–H and O–H groups in total. The van der Waals surface area contributed by atoms with Gasteiger partial charge in [0.25, 0.3) is 0 Å². The number of halogens is 1. The van der Waals surface area contributed by atoms with Crippen LogP contribution in [-0.4, -0.2) is 12.6 Å². The van der Waals surface area contributed by atoms with E-state index in [1.165, 1.54) is 24.0 Å². The average Bonchev–Trinajstić information content (AvgIpc) is 3.38. The van der Waals surface area contributed by atoms with Gasteiger partial charge in [0.2, 0.25) is 0 Å². The second kappa shape index (κ2) is 8.95. The van der Waals surface area contributed by atoms with Crippen molar-refractivity contribution in [1.29, 1.82) is 0 Å². The molecule has 1 saturated carbocycles. The van der Waals surface area contributed by atoms with Gasteiger partial charge in [-0.15, -0.1) is 12.4 Å². The third kappa shape index (κ3) is 5.43. The Hall–Kier alpha value is -1.71. The Morgan fingerprint density at radius 3 is 2.33 bits per heavy atom. The van der Waals surface area contributed by atoms with Gasteiger partial charge in [0.15, 0.2) is 11.5 Å². The largest absolute Gasteiger partial charge is 0.490 e. The highest BCUT2D eigenvalue weighted by molar-refractivity contribution is 5.85. The summed E-state index contributed by atoms with van der Waals surface area (Å²) in [5, 5.41) is 3.53. The highest BCUT2D eigenvalue weighted by Gasteiger charge is 2.20. The van der Waals surface area contributed by atoms with Crippen molar-refractivity contribution in [1.82, 2.24) is 5.32 Å². The molecule has 1 aliphatic rings. The van der Waals surface area contributed by atoms with Crippen molar-refractivity contribution in [2.75, 3.05) is 6.61 Å². The van der Waals surface area contributed by atoms with Crippen molar-refractivity contribution in [3.63, 3.8) is 0 Å². The first-order valence-corrected chi connectivity index (χ1v) is 8.42. The number of rotatable bonds is 8. The third-order valence-electron chi connectivity index (χ3n) is 4.00. The molecule has 0 saturated heterocycles. The van der Waals surface area contributed by atoms with E-state index >= 15 is 0 Å². The van der Waals surface area contributed by atoms with Crippen LogP contribution in [0.25, 0.3) is 0 Å². The fourth-order valence-corrected chi connectivity index (χ4v) is 2.45. The molecular formula is C20H26ClNO2. The van der Waals surface area contributed by atoms with Gasteiger partial charge in [-0.2, -0.15) is 0 Å². The molecule has 0 aliphatic heterocycles. The number of hydrogen-bond acceptors (Lipinski definition) is 3. The van der Waals surface area contributed by atoms with Crippen molar-refractivity contribution >= 4 is 12.4 Å². The smallest absolute Gasteiger partial charge is 0.161 e. The van der Waals surface area contributed by atoms with Crippen LogP contribution in [0.3, 0.4) is 0 Å². The maximum absolute atomic E-state index is 5.96. The minimum atomic E-state index is 0. The molecule has 0 aromatic heterocycles. The van der Waals surface area contributed by atoms with Crippen molar-refractivity contribution < 1.29 is 9.47 Å². The summed E-state index contributed by atoms with van der Waals surface area (Å²) in [4.78, 5) is 0. The first-order chi connectivity index (χ1) is 11.2. The number of nitrogens with one attached hydrogen (secondary N) is 1. The van der Waals surface area contributed by atoms with Crippen molar-refractivity contribution in [2.24, 2.45) is 0 Å². The summed E-state index contributed by atoms with van der Waals surface area (Å²) in [7, 11) is 0. The van der Waals surface area contributed by atoms with Gasteiger partial charge < -0.3 is 14.8 Å². The van der Waals surface area contributed by atoms with Gasteiger partial charge in [-0.05, 0) is 49.9 Å². The molecule has 2 aromatic rings. The van der Waals surface area contributed by atoms with Crippen LogP contribution in [0.15, 0.2) is 42.5 Å². The van der Waals surface area contributed by atoms with Crippen LogP contribution in [0.1, 0.15) is 36.5 Å². The predicted molar refractivity (Wildman–Crippen MR) is 100 cm³/mol. The van der Waals surface area contributed by atoms with Crippen molar-refractivity contribution in [3.05, 3.63) is 59.2 Å². The number of aryl methyl sites for hydroxylation is 1. The summed E-state index contributed by atoms with van der Waals surface area (Å²) >= 11 is 0. The van der Waals surface area contributed by atoms with Crippen LogP contribution < -0.4 is 14.8 Å². The van der Waals surface area contributed by atoms with Crippen LogP contribution >= 0.6 is 12.4 Å². The SMILES string of the molecule is CCOc1cc(CNC2CC2)ccc1OCc1ccc(C)cc1.Cl. The Balaban J connectivity index is 0.00000208. The Bertz CT molecular complexity index is 639. The molecule has 24 heavy (non-hydrogen) atoms. The zero-order valence-electron chi connectivity index (χ0n) is 14.4. The van der Waals surface area contributed by atoms with E-state index in [2.05, 4.69) is 48.6 Å². The van der Waals surface area contributed by atoms with E-state index in [9.17, 15) is 0 Å². The Morgan fingerprint density at radius 1 is 0.958 bits per heavy atom. The molecule has 0 heterocycles. The number of ether oxygens (including phenoxy) is 2. The van der Waals surface area contributed by atoms with Gasteiger partial charge in [-0.3, -0.25) is 0 Å². The molecule has 0 radical (unpaired) electrons. The topological polar surface area (TPSA) is 30.5 Å². The quantitative estimate of drug-likeness (QED) is 0.754. The molecule has 1 aliphatic carbocycles. The van der Waals surface area contributed by atoms with Crippen LogP contribution in [0.2, 0.25) is 0 Å². The number of benzene rings is 2. The molecular weight excluding hydrogens is 322 g/mol. The lowest BCUT2D eigenvalue weighted by Gasteiger charge is -2.14. The Kier molecular flexibility index (Phi) is 6.95. The van der Waals surface area contributed by atoms with Gasteiger partial charge in [0.05, 0.1) is 6.61 Å². The summed E-state index contributed by atoms with van der Waals surface area (Å²) in [6, 6.07) is 15.3. The summed E-state index contributed by atoms with van der Waals surface area (Å²) < 4.78 is 11.7. The van der Waals surface area contributed by atoms with E-state index in [0.717, 1.165) is 23.6 Å². The monoisotopic (exact) mass is 347 g/mol. The van der Waals surface area contributed by atoms with Gasteiger partial charge in [0.1, 0.15) is 6.61 Å². The van der Waals surface area contributed by atoms with E-state index in [0.29, 0.717) is 19.3 Å². The van der Waals surface area contributed by atoms with Crippen LogP contribution in [0.4, 0.5) is 0 Å². The fourth-order valence-electron chi connectivity index (χ4n) is 2.45. The summed E-state index contributed by atoms with van der Waals surface area (Å²) in [6.45, 7) is 6.18. The molecule has 0 atom stereocenters. The molecule has 3 nitrogen and oxygen atoms in total. The summed E-state index contributed by atoms with van der Waals surface area (Å²) in [5.41, 5.74) is 3.66. The van der Waals surface area contributed by atoms with Crippen LogP contribution in [-0.2, 0) is 13.2 Å². The van der Waals surface area contributed by atoms with Crippen LogP contribution in [0, 0.1) is 6.92 Å². The van der Waals surface area contributed by atoms with Gasteiger partial charge >= 0.3 is 0 Å². The zero-order chi connectivity index (χ0) is 16.1. The van der Waals surface area contributed by atoms with Crippen LogP contribution in [0.5, 0.6) is 11.5 Å². The van der Waals surface area contributed by atoms with Crippen molar-refractivity contribution in [2.45, 2.75) is 45.9 Å². The molecule has 4 heteroatoms. The molecule has 0 unspecified atom stereocenters. The molecule has 2 aromatic carbocycles. The molecule has 0 bridgehead atoms. The molecule has 0 spiro atoms. The third-order valence-corrected chi connectivity index (χ3v) is 4.00. The molecule has 3 rings (SSSR count). The minimum absolute atomic E-state index is 0. The minimum Gasteiger partial charge on any atom is -0.490 e. The standard InChI is InChI=1S/C20H25NO2.ClH/c1-3-22-20-12-17(13-21-18-9-10-18)8-11-19(20)23-14-16-6-4-15(2)5-7-16;/h4-8,11-12,18,21H,3,9-10,13-14H2,1-2H3;1H. The zero-order valence-corrected chi connectivity index (χ0v) is 15.2. The molecule has 0 amide bonds. The second-order valence-corrected chi connectivity index (χ2v) is 6.14. The summed E-state index contributed by atoms with van der Waals surface area (Å²) in [6.07, 6.45) is 2.60. The Labute approximate surface area is 150 Å². The average molecular weight is 348 g/mol. The highest BCUT2D eigenvalue weighted by atomic mass is 35.5. The Morgan fingerprint density at radius 2 is 1.67 bits per heavy atom. The maximum atomic E-state index is 5.96. The summed E-state index contributed by atoms with van der Waals surface area (Å²) in [5.74, 6) is 1.64. The van der Waals surface area contributed by atoms with E-state index in [4.69, 9.17) is 9.47 Å². The normalized spacial score (nSPS) is 13.2. The first kappa shape index (κ1) is 18.6. The van der Waals surface area contributed by atoms with Gasteiger partial charge in [0, 0.05) is 12.6 Å². The number of hydrogen-bond donors (Lipinski definition) is 1. The van der Waals surface area contributed by atoms with Crippen molar-refractivity contribution in [3.8, 4) is 11.5 Å². The lowest BCUT2D eigenvalue weighted by molar-refractivity contribution is 0.269. The lowest BCUT2D eigenvalue weighted by atomic mass is 10.1. The second-order valence-electron chi connectivity index (χ2n) is 6.14. The maximum Gasteiger partial charge on any atom is 0.161 e. The van der Waals surface area contributed by atoms with Gasteiger partial charge in [-0.1, -0.05) is 35.9 Å². The predicted octanol–water partition coefficient (Wildman–Crippen LogP) is 4.65. The highest BCUT2D eigenvalue weighted by Crippen LogP contribution is 2.30. The lowest BCUT2D eigenvalue weighted by Crippen LogP contribution is -2.15. The molecule has 1 fully saturated rings. The van der Waals surface area contributed by atoms with E-state index in [1.807, 2.05) is 13.0 Å². The molecule has 130 valence electrons.